The second-order valence-corrected chi connectivity index (χ2v) is 8.15. The number of carbonyl (C=O) groups is 1. The summed E-state index contributed by atoms with van der Waals surface area (Å²) in [6.07, 6.45) is 3.97. The minimum absolute atomic E-state index is 0.161. The predicted octanol–water partition coefficient (Wildman–Crippen LogP) is 2.46. The second kappa shape index (κ2) is 8.51. The molecular formula is C21H26N6O2S. The molecule has 0 N–H and O–H groups in total. The summed E-state index contributed by atoms with van der Waals surface area (Å²) in [4.78, 5) is 14.8. The monoisotopic (exact) mass is 426 g/mol. The molecule has 0 spiro atoms. The van der Waals surface area contributed by atoms with E-state index in [1.54, 1.807) is 18.9 Å². The Morgan fingerprint density at radius 3 is 2.63 bits per heavy atom. The fourth-order valence-electron chi connectivity index (χ4n) is 3.89. The Hall–Kier alpha value is -2.81. The highest BCUT2D eigenvalue weighted by atomic mass is 32.2. The van der Waals surface area contributed by atoms with Crippen LogP contribution in [0.3, 0.4) is 0 Å². The van der Waals surface area contributed by atoms with E-state index in [1.165, 1.54) is 0 Å². The molecule has 9 heteroatoms. The first-order valence-electron chi connectivity index (χ1n) is 9.91. The van der Waals surface area contributed by atoms with E-state index < -0.39 is 0 Å². The van der Waals surface area contributed by atoms with Gasteiger partial charge in [-0.15, -0.1) is 10.2 Å². The van der Waals surface area contributed by atoms with Crippen molar-refractivity contribution < 1.29 is 9.53 Å². The van der Waals surface area contributed by atoms with Crippen LogP contribution in [0.25, 0.3) is 11.5 Å². The van der Waals surface area contributed by atoms with E-state index in [2.05, 4.69) is 10.2 Å². The Morgan fingerprint density at radius 1 is 1.20 bits per heavy atom. The minimum atomic E-state index is 0.161. The van der Waals surface area contributed by atoms with Crippen molar-refractivity contribution in [1.82, 2.24) is 29.4 Å². The van der Waals surface area contributed by atoms with E-state index in [-0.39, 0.29) is 5.91 Å². The average molecular weight is 427 g/mol. The van der Waals surface area contributed by atoms with Crippen molar-refractivity contribution in [3.05, 3.63) is 41.1 Å². The van der Waals surface area contributed by atoms with Crippen LogP contribution in [0.2, 0.25) is 0 Å². The number of ether oxygens (including phenoxy) is 1. The zero-order valence-corrected chi connectivity index (χ0v) is 18.6. The van der Waals surface area contributed by atoms with Crippen molar-refractivity contribution in [3.8, 4) is 17.3 Å². The molecule has 0 unspecified atom stereocenters. The standard InChI is InChI=1S/C21H26N6O2S/c1-25-20(22-23-21(25)30-4)19-16-13-27(12-11-17(16)26(2)24-19)18(28)10-7-14-5-8-15(29-3)9-6-14/h5-6,8-9H,7,10-13H2,1-4H3. The molecule has 1 aliphatic heterocycles. The Morgan fingerprint density at radius 2 is 1.97 bits per heavy atom. The fraction of sp³-hybridized carbons (Fsp3) is 0.429. The molecule has 0 saturated carbocycles. The summed E-state index contributed by atoms with van der Waals surface area (Å²) in [5.41, 5.74) is 4.19. The molecule has 30 heavy (non-hydrogen) atoms. The number of benzene rings is 1. The van der Waals surface area contributed by atoms with Crippen molar-refractivity contribution in [2.45, 2.75) is 31.0 Å². The number of fused-ring (bicyclic) bond motifs is 1. The van der Waals surface area contributed by atoms with Crippen molar-refractivity contribution in [1.29, 1.82) is 0 Å². The predicted molar refractivity (Wildman–Crippen MR) is 115 cm³/mol. The molecule has 3 aromatic rings. The first-order valence-corrected chi connectivity index (χ1v) is 11.1. The average Bonchev–Trinajstić information content (AvgIpc) is 3.31. The number of rotatable bonds is 6. The molecular weight excluding hydrogens is 400 g/mol. The summed E-state index contributed by atoms with van der Waals surface area (Å²) in [5, 5.41) is 14.1. The quantitative estimate of drug-likeness (QED) is 0.564. The van der Waals surface area contributed by atoms with Gasteiger partial charge >= 0.3 is 0 Å². The first-order chi connectivity index (χ1) is 14.5. The van der Waals surface area contributed by atoms with E-state index >= 15 is 0 Å². The lowest BCUT2D eigenvalue weighted by Crippen LogP contribution is -2.36. The van der Waals surface area contributed by atoms with Gasteiger partial charge in [0.05, 0.1) is 7.11 Å². The number of methoxy groups -OCH3 is 1. The van der Waals surface area contributed by atoms with E-state index in [0.717, 1.165) is 45.7 Å². The van der Waals surface area contributed by atoms with E-state index in [9.17, 15) is 4.79 Å². The van der Waals surface area contributed by atoms with Gasteiger partial charge in [-0.1, -0.05) is 23.9 Å². The van der Waals surface area contributed by atoms with Crippen molar-refractivity contribution >= 4 is 17.7 Å². The smallest absolute Gasteiger partial charge is 0.223 e. The van der Waals surface area contributed by atoms with Crippen molar-refractivity contribution in [3.63, 3.8) is 0 Å². The summed E-state index contributed by atoms with van der Waals surface area (Å²) in [7, 11) is 5.55. The van der Waals surface area contributed by atoms with E-state index in [0.29, 0.717) is 25.9 Å². The molecule has 1 aliphatic rings. The molecule has 4 rings (SSSR count). The maximum Gasteiger partial charge on any atom is 0.223 e. The number of carbonyl (C=O) groups excluding carboxylic acids is 1. The van der Waals surface area contributed by atoms with Gasteiger partial charge in [0.15, 0.2) is 11.0 Å². The van der Waals surface area contributed by atoms with Crippen LogP contribution in [0.15, 0.2) is 29.4 Å². The van der Waals surface area contributed by atoms with Crippen LogP contribution in [-0.2, 0) is 38.3 Å². The largest absolute Gasteiger partial charge is 0.497 e. The Kier molecular flexibility index (Phi) is 5.80. The third-order valence-electron chi connectivity index (χ3n) is 5.61. The van der Waals surface area contributed by atoms with Gasteiger partial charge in [-0.2, -0.15) is 5.10 Å². The van der Waals surface area contributed by atoms with Gasteiger partial charge in [0.1, 0.15) is 11.4 Å². The molecule has 0 aliphatic carbocycles. The Labute approximate surface area is 180 Å². The highest BCUT2D eigenvalue weighted by molar-refractivity contribution is 7.98. The maximum absolute atomic E-state index is 12.9. The molecule has 2 aromatic heterocycles. The molecule has 158 valence electrons. The second-order valence-electron chi connectivity index (χ2n) is 7.38. The van der Waals surface area contributed by atoms with Crippen LogP contribution in [0.5, 0.6) is 5.75 Å². The molecule has 1 aromatic carbocycles. The maximum atomic E-state index is 12.9. The number of hydrogen-bond donors (Lipinski definition) is 0. The number of aromatic nitrogens is 5. The summed E-state index contributed by atoms with van der Waals surface area (Å²) in [6.45, 7) is 1.27. The van der Waals surface area contributed by atoms with Crippen LogP contribution in [0.4, 0.5) is 0 Å². The Balaban J connectivity index is 1.49. The molecule has 8 nitrogen and oxygen atoms in total. The number of hydrogen-bond acceptors (Lipinski definition) is 6. The number of thioether (sulfide) groups is 1. The zero-order chi connectivity index (χ0) is 21.3. The van der Waals surface area contributed by atoms with Gasteiger partial charge in [-0.05, 0) is 30.4 Å². The zero-order valence-electron chi connectivity index (χ0n) is 17.8. The number of aryl methyl sites for hydroxylation is 2. The third kappa shape index (κ3) is 3.81. The number of nitrogens with zero attached hydrogens (tertiary/aromatic N) is 6. The summed E-state index contributed by atoms with van der Waals surface area (Å²) < 4.78 is 9.06. The van der Waals surface area contributed by atoms with Crippen LogP contribution < -0.4 is 4.74 Å². The molecule has 0 atom stereocenters. The van der Waals surface area contributed by atoms with Crippen molar-refractivity contribution in [2.75, 3.05) is 19.9 Å². The van der Waals surface area contributed by atoms with Gasteiger partial charge in [0.25, 0.3) is 0 Å². The molecule has 1 amide bonds. The summed E-state index contributed by atoms with van der Waals surface area (Å²) in [5.74, 6) is 1.73. The van der Waals surface area contributed by atoms with Crippen LogP contribution in [0, 0.1) is 0 Å². The normalized spacial score (nSPS) is 13.4. The molecule has 3 heterocycles. The van der Waals surface area contributed by atoms with Gasteiger partial charge in [-0.25, -0.2) is 0 Å². The highest BCUT2D eigenvalue weighted by Gasteiger charge is 2.29. The highest BCUT2D eigenvalue weighted by Crippen LogP contribution is 2.30. The topological polar surface area (TPSA) is 78.1 Å². The number of amides is 1. The minimum Gasteiger partial charge on any atom is -0.497 e. The van der Waals surface area contributed by atoms with Gasteiger partial charge in [0, 0.05) is 51.3 Å². The fourth-order valence-corrected chi connectivity index (χ4v) is 4.37. The lowest BCUT2D eigenvalue weighted by Gasteiger charge is -2.27. The molecule has 0 fully saturated rings. The van der Waals surface area contributed by atoms with Crippen molar-refractivity contribution in [2.24, 2.45) is 14.1 Å². The van der Waals surface area contributed by atoms with Gasteiger partial charge < -0.3 is 14.2 Å². The lowest BCUT2D eigenvalue weighted by molar-refractivity contribution is -0.132. The van der Waals surface area contributed by atoms with E-state index in [1.807, 2.05) is 58.8 Å². The van der Waals surface area contributed by atoms with Crippen LogP contribution >= 0.6 is 11.8 Å². The van der Waals surface area contributed by atoms with Gasteiger partial charge in [0.2, 0.25) is 5.91 Å². The molecule has 0 bridgehead atoms. The van der Waals surface area contributed by atoms with Crippen LogP contribution in [-0.4, -0.2) is 55.3 Å². The molecule has 0 radical (unpaired) electrons. The summed E-state index contributed by atoms with van der Waals surface area (Å²) in [6, 6.07) is 7.88. The van der Waals surface area contributed by atoms with E-state index in [4.69, 9.17) is 9.84 Å². The lowest BCUT2D eigenvalue weighted by atomic mass is 10.0. The van der Waals surface area contributed by atoms with Gasteiger partial charge in [-0.3, -0.25) is 9.48 Å². The SMILES string of the molecule is COc1ccc(CCC(=O)N2CCc3c(c(-c4nnc(SC)n4C)nn3C)C2)cc1. The first kappa shape index (κ1) is 20.5. The third-order valence-corrected chi connectivity index (χ3v) is 6.33. The van der Waals surface area contributed by atoms with Crippen LogP contribution in [0.1, 0.15) is 23.2 Å². The Bertz CT molecular complexity index is 1060. The summed E-state index contributed by atoms with van der Waals surface area (Å²) >= 11 is 1.55. The molecule has 0 saturated heterocycles.